The van der Waals surface area contributed by atoms with Crippen LogP contribution < -0.4 is 11.5 Å². The molecule has 0 spiro atoms. The van der Waals surface area contributed by atoms with E-state index in [4.69, 9.17) is 21.4 Å². The van der Waals surface area contributed by atoms with Gasteiger partial charge in [0.1, 0.15) is 5.76 Å². The van der Waals surface area contributed by atoms with E-state index in [0.29, 0.717) is 11.5 Å². The summed E-state index contributed by atoms with van der Waals surface area (Å²) in [5.74, 6) is 1.06. The third kappa shape index (κ3) is 3.61. The lowest BCUT2D eigenvalue weighted by Gasteiger charge is -1.95. The van der Waals surface area contributed by atoms with Gasteiger partial charge in [0, 0.05) is 6.07 Å². The summed E-state index contributed by atoms with van der Waals surface area (Å²) >= 11 is 1.16. The zero-order valence-electron chi connectivity index (χ0n) is 6.73. The van der Waals surface area contributed by atoms with E-state index in [1.165, 1.54) is 0 Å². The van der Waals surface area contributed by atoms with Gasteiger partial charge in [-0.15, -0.1) is 0 Å². The number of amidine groups is 1. The van der Waals surface area contributed by atoms with Gasteiger partial charge in [-0.1, -0.05) is 16.9 Å². The lowest BCUT2D eigenvalue weighted by Crippen LogP contribution is -2.23. The van der Waals surface area contributed by atoms with Crippen molar-refractivity contribution in [2.24, 2.45) is 16.5 Å². The van der Waals surface area contributed by atoms with Gasteiger partial charge in [0.05, 0.1) is 11.9 Å². The van der Waals surface area contributed by atoms with Crippen LogP contribution in [0.2, 0.25) is 0 Å². The molecule has 0 aromatic carbocycles. The molecule has 5 N–H and O–H groups in total. The molecule has 0 radical (unpaired) electrons. The maximum absolute atomic E-state index is 7.27. The van der Waals surface area contributed by atoms with Crippen LogP contribution >= 0.6 is 11.8 Å². The molecule has 1 heterocycles. The first kappa shape index (κ1) is 9.59. The lowest BCUT2D eigenvalue weighted by molar-refractivity contribution is 0.395. The number of aliphatic imine (C=N–C) groups is 1. The van der Waals surface area contributed by atoms with Crippen LogP contribution in [0.3, 0.4) is 0 Å². The third-order valence-electron chi connectivity index (χ3n) is 1.07. The summed E-state index contributed by atoms with van der Waals surface area (Å²) < 4.78 is 4.81. The molecule has 1 rings (SSSR count). The molecular weight excluding hydrogens is 190 g/mol. The van der Waals surface area contributed by atoms with Crippen LogP contribution in [0, 0.1) is 5.41 Å². The van der Waals surface area contributed by atoms with Crippen molar-refractivity contribution in [3.05, 3.63) is 18.0 Å². The van der Waals surface area contributed by atoms with Gasteiger partial charge in [-0.3, -0.25) is 5.41 Å². The second kappa shape index (κ2) is 4.51. The highest BCUT2D eigenvalue weighted by atomic mass is 32.2. The molecule has 0 aliphatic rings. The fraction of sp³-hybridized carbons (Fsp3) is 0.167. The smallest absolute Gasteiger partial charge is 0.193 e. The molecule has 0 unspecified atom stereocenters. The van der Waals surface area contributed by atoms with E-state index >= 15 is 0 Å². The van der Waals surface area contributed by atoms with E-state index in [0.717, 1.165) is 11.8 Å². The first-order valence-corrected chi connectivity index (χ1v) is 4.37. The number of hydrogen-bond donors (Lipinski definition) is 3. The topological polar surface area (TPSA) is 114 Å². The average molecular weight is 199 g/mol. The Morgan fingerprint density at radius 2 is 2.46 bits per heavy atom. The number of rotatable bonds is 2. The molecule has 0 fully saturated rings. The van der Waals surface area contributed by atoms with Gasteiger partial charge in [-0.05, 0) is 0 Å². The van der Waals surface area contributed by atoms with Gasteiger partial charge >= 0.3 is 0 Å². The second-order valence-electron chi connectivity index (χ2n) is 2.11. The van der Waals surface area contributed by atoms with Crippen molar-refractivity contribution in [2.75, 3.05) is 0 Å². The van der Waals surface area contributed by atoms with Crippen LogP contribution in [0.5, 0.6) is 0 Å². The molecule has 0 saturated heterocycles. The Morgan fingerprint density at radius 3 is 3.00 bits per heavy atom. The molecule has 6 nitrogen and oxygen atoms in total. The highest BCUT2D eigenvalue weighted by Crippen LogP contribution is 2.12. The molecule has 0 aliphatic carbocycles. The number of thioether (sulfide) groups is 1. The number of nitrogens with one attached hydrogen (secondary N) is 1. The first-order chi connectivity index (χ1) is 6.18. The average Bonchev–Trinajstić information content (AvgIpc) is 2.51. The van der Waals surface area contributed by atoms with E-state index in [-0.39, 0.29) is 11.1 Å². The molecule has 1 aromatic heterocycles. The van der Waals surface area contributed by atoms with Gasteiger partial charge in [-0.25, -0.2) is 0 Å². The third-order valence-corrected chi connectivity index (χ3v) is 1.87. The number of nitrogens with two attached hydrogens (primary N) is 2. The minimum Gasteiger partial charge on any atom is -0.370 e. The van der Waals surface area contributed by atoms with Crippen LogP contribution in [0.1, 0.15) is 5.76 Å². The Balaban J connectivity index is 2.35. The van der Waals surface area contributed by atoms with Gasteiger partial charge in [-0.2, -0.15) is 4.99 Å². The Hall–Kier alpha value is -1.50. The van der Waals surface area contributed by atoms with E-state index in [1.807, 2.05) is 0 Å². The molecule has 1 aromatic rings. The Labute approximate surface area is 78.9 Å². The summed E-state index contributed by atoms with van der Waals surface area (Å²) in [5.41, 5.74) is 10.2. The monoisotopic (exact) mass is 199 g/mol. The van der Waals surface area contributed by atoms with Crippen molar-refractivity contribution in [1.29, 1.82) is 5.41 Å². The van der Waals surface area contributed by atoms with Gasteiger partial charge in [0.25, 0.3) is 0 Å². The van der Waals surface area contributed by atoms with Crippen molar-refractivity contribution in [3.8, 4) is 0 Å². The molecule has 0 aliphatic heterocycles. The number of guanidine groups is 1. The molecule has 0 saturated carbocycles. The summed E-state index contributed by atoms with van der Waals surface area (Å²) in [6.45, 7) is 0. The number of aromatic nitrogens is 1. The highest BCUT2D eigenvalue weighted by Gasteiger charge is 2.00. The van der Waals surface area contributed by atoms with E-state index in [9.17, 15) is 0 Å². The zero-order valence-corrected chi connectivity index (χ0v) is 7.54. The van der Waals surface area contributed by atoms with Crippen LogP contribution in [-0.4, -0.2) is 16.3 Å². The summed E-state index contributed by atoms with van der Waals surface area (Å²) in [7, 11) is 0. The van der Waals surface area contributed by atoms with Crippen molar-refractivity contribution >= 4 is 22.9 Å². The minimum atomic E-state index is -0.116. The molecule has 70 valence electrons. The fourth-order valence-corrected chi connectivity index (χ4v) is 1.20. The van der Waals surface area contributed by atoms with E-state index in [2.05, 4.69) is 10.1 Å². The van der Waals surface area contributed by atoms with Gasteiger partial charge in [0.2, 0.25) is 0 Å². The fourth-order valence-electron chi connectivity index (χ4n) is 0.606. The molecule has 0 bridgehead atoms. The zero-order chi connectivity index (χ0) is 9.68. The standard InChI is InChI=1S/C6H9N5OS/c7-5(8)11-6(9)13-3-4-1-2-10-12-4/h1-2H,3H2,(H5,7,8,9,11). The lowest BCUT2D eigenvalue weighted by atomic mass is 10.5. The van der Waals surface area contributed by atoms with Crippen molar-refractivity contribution in [1.82, 2.24) is 5.16 Å². The predicted molar refractivity (Wildman–Crippen MR) is 51.3 cm³/mol. The SMILES string of the molecule is N=C(N=C(N)N)SCc1ccno1. The molecular formula is C6H9N5OS. The molecule has 0 atom stereocenters. The van der Waals surface area contributed by atoms with E-state index < -0.39 is 0 Å². The van der Waals surface area contributed by atoms with Crippen LogP contribution in [-0.2, 0) is 5.75 Å². The van der Waals surface area contributed by atoms with Crippen LogP contribution in [0.15, 0.2) is 21.8 Å². The second-order valence-corrected chi connectivity index (χ2v) is 3.07. The number of nitrogens with zero attached hydrogens (tertiary/aromatic N) is 2. The Kier molecular flexibility index (Phi) is 3.32. The quantitative estimate of drug-likeness (QED) is 0.462. The number of hydrogen-bond acceptors (Lipinski definition) is 4. The van der Waals surface area contributed by atoms with Gasteiger partial charge in [0.15, 0.2) is 11.1 Å². The predicted octanol–water partition coefficient (Wildman–Crippen LogP) is 0.116. The molecule has 0 amide bonds. The van der Waals surface area contributed by atoms with Crippen molar-refractivity contribution in [3.63, 3.8) is 0 Å². The minimum absolute atomic E-state index is 0.0522. The summed E-state index contributed by atoms with van der Waals surface area (Å²) in [6, 6.07) is 1.72. The Bertz CT molecular complexity index is 303. The highest BCUT2D eigenvalue weighted by molar-refractivity contribution is 8.13. The largest absolute Gasteiger partial charge is 0.370 e. The van der Waals surface area contributed by atoms with Crippen molar-refractivity contribution in [2.45, 2.75) is 5.75 Å². The van der Waals surface area contributed by atoms with Crippen LogP contribution in [0.4, 0.5) is 0 Å². The maximum Gasteiger partial charge on any atom is 0.193 e. The first-order valence-electron chi connectivity index (χ1n) is 3.39. The molecule has 13 heavy (non-hydrogen) atoms. The summed E-state index contributed by atoms with van der Waals surface area (Å²) in [6.07, 6.45) is 1.54. The maximum atomic E-state index is 7.27. The molecule has 7 heteroatoms. The van der Waals surface area contributed by atoms with Crippen molar-refractivity contribution < 1.29 is 4.52 Å². The summed E-state index contributed by atoms with van der Waals surface area (Å²) in [5, 5.41) is 10.8. The summed E-state index contributed by atoms with van der Waals surface area (Å²) in [4.78, 5) is 3.53. The Morgan fingerprint density at radius 1 is 1.69 bits per heavy atom. The van der Waals surface area contributed by atoms with Crippen LogP contribution in [0.25, 0.3) is 0 Å². The normalized spacial score (nSPS) is 9.54. The van der Waals surface area contributed by atoms with Gasteiger partial charge < -0.3 is 16.0 Å². The van der Waals surface area contributed by atoms with E-state index in [1.54, 1.807) is 12.3 Å².